The van der Waals surface area contributed by atoms with Gasteiger partial charge in [0.1, 0.15) is 48.8 Å². The number of hydrogen-bond acceptors (Lipinski definition) is 13. The van der Waals surface area contributed by atoms with E-state index in [0.717, 1.165) is 70.6 Å². The van der Waals surface area contributed by atoms with Gasteiger partial charge in [0.15, 0.2) is 12.6 Å². The first kappa shape index (κ1) is 68.3. The standard InChI is InChI=1S/C61H105NO13/c1-3-5-7-9-11-13-15-17-19-21-23-24-25-26-27-29-31-33-35-37-39-41-43-45-53(66)62-49(50(65)44-42-40-38-36-34-32-30-28-22-20-18-16-14-12-10-8-6-4-2)48-72-60-58(71)56(69)59(52(47-64)74-60)75-61-57(70)55(68)54(67)51(46-63)73-61/h5,7,11,13,17,19,23-24,26-27,31,33,37,39,49-52,54-61,63-65,67-71H,3-4,6,8-10,12,14-16,18,20-22,25,28-30,32,34-36,38,40-48H2,1-2H3,(H,62,66)/b7-5-,13-11-,19-17-,24-23-,27-26-,33-31-,39-37-. The van der Waals surface area contributed by atoms with E-state index >= 15 is 0 Å². The first-order valence-electron chi connectivity index (χ1n) is 29.3. The second-order valence-electron chi connectivity index (χ2n) is 20.4. The van der Waals surface area contributed by atoms with Gasteiger partial charge >= 0.3 is 0 Å². The van der Waals surface area contributed by atoms with Crippen LogP contribution in [0.3, 0.4) is 0 Å². The highest BCUT2D eigenvalue weighted by atomic mass is 16.7. The molecule has 0 aliphatic carbocycles. The zero-order chi connectivity index (χ0) is 54.6. The summed E-state index contributed by atoms with van der Waals surface area (Å²) in [5.74, 6) is -0.266. The van der Waals surface area contributed by atoms with E-state index in [0.29, 0.717) is 19.3 Å². The highest BCUT2D eigenvalue weighted by Gasteiger charge is 2.51. The molecule has 9 N–H and O–H groups in total. The summed E-state index contributed by atoms with van der Waals surface area (Å²) in [5.41, 5.74) is 0. The van der Waals surface area contributed by atoms with E-state index in [1.54, 1.807) is 0 Å². The quantitative estimate of drug-likeness (QED) is 0.0205. The maximum atomic E-state index is 13.2. The first-order chi connectivity index (χ1) is 36.6. The number of allylic oxidation sites excluding steroid dienone is 14. The smallest absolute Gasteiger partial charge is 0.220 e. The Morgan fingerprint density at radius 1 is 0.493 bits per heavy atom. The maximum Gasteiger partial charge on any atom is 0.220 e. The van der Waals surface area contributed by atoms with Crippen molar-refractivity contribution in [2.45, 2.75) is 274 Å². The molecule has 432 valence electrons. The molecule has 0 saturated carbocycles. The van der Waals surface area contributed by atoms with Crippen LogP contribution in [0.5, 0.6) is 0 Å². The van der Waals surface area contributed by atoms with Crippen molar-refractivity contribution in [2.75, 3.05) is 19.8 Å². The van der Waals surface area contributed by atoms with Crippen molar-refractivity contribution in [3.8, 4) is 0 Å². The zero-order valence-electron chi connectivity index (χ0n) is 46.3. The lowest BCUT2D eigenvalue weighted by molar-refractivity contribution is -0.359. The molecule has 0 bridgehead atoms. The Balaban J connectivity index is 1.80. The predicted octanol–water partition coefficient (Wildman–Crippen LogP) is 9.72. The molecule has 12 atom stereocenters. The molecule has 0 aromatic heterocycles. The van der Waals surface area contributed by atoms with Crippen LogP contribution in [0.25, 0.3) is 0 Å². The van der Waals surface area contributed by atoms with Crippen LogP contribution >= 0.6 is 0 Å². The Bertz CT molecular complexity index is 1580. The summed E-state index contributed by atoms with van der Waals surface area (Å²) in [5, 5.41) is 87.2. The summed E-state index contributed by atoms with van der Waals surface area (Å²) in [6.07, 6.45) is 44.4. The first-order valence-corrected chi connectivity index (χ1v) is 29.3. The van der Waals surface area contributed by atoms with Crippen LogP contribution in [0, 0.1) is 0 Å². The van der Waals surface area contributed by atoms with Gasteiger partial charge in [-0.2, -0.15) is 0 Å². The van der Waals surface area contributed by atoms with Gasteiger partial charge in [-0.1, -0.05) is 214 Å². The molecule has 2 fully saturated rings. The SMILES string of the molecule is CC/C=C\C/C=C\C/C=C\C/C=C\C/C=C\C/C=C\C/C=C\CCCC(=O)NC(COC1OC(CO)C(OC2OC(CO)C(O)C(O)C2O)C(O)C1O)C(O)CCCCCCCCCCCCCCCCCCCC. The molecule has 75 heavy (non-hydrogen) atoms. The van der Waals surface area contributed by atoms with Gasteiger partial charge in [0.2, 0.25) is 5.91 Å². The number of rotatable bonds is 45. The monoisotopic (exact) mass is 1060 g/mol. The lowest BCUT2D eigenvalue weighted by Crippen LogP contribution is -2.65. The van der Waals surface area contributed by atoms with Crippen molar-refractivity contribution in [2.24, 2.45) is 0 Å². The van der Waals surface area contributed by atoms with Crippen molar-refractivity contribution >= 4 is 5.91 Å². The molecule has 0 aromatic rings. The van der Waals surface area contributed by atoms with Crippen molar-refractivity contribution in [1.82, 2.24) is 5.32 Å². The van der Waals surface area contributed by atoms with Crippen LogP contribution in [0.1, 0.15) is 200 Å². The number of unbranched alkanes of at least 4 members (excludes halogenated alkanes) is 18. The van der Waals surface area contributed by atoms with E-state index in [4.69, 9.17) is 18.9 Å². The van der Waals surface area contributed by atoms with Gasteiger partial charge in [-0.3, -0.25) is 4.79 Å². The second-order valence-corrected chi connectivity index (χ2v) is 20.4. The van der Waals surface area contributed by atoms with Gasteiger partial charge in [0.25, 0.3) is 0 Å². The van der Waals surface area contributed by atoms with Crippen LogP contribution in [0.15, 0.2) is 85.1 Å². The molecule has 2 aliphatic rings. The highest BCUT2D eigenvalue weighted by molar-refractivity contribution is 5.76. The summed E-state index contributed by atoms with van der Waals surface area (Å²) < 4.78 is 22.8. The molecule has 0 radical (unpaired) electrons. The fourth-order valence-electron chi connectivity index (χ4n) is 9.17. The molecule has 12 unspecified atom stereocenters. The van der Waals surface area contributed by atoms with Gasteiger partial charge in [-0.05, 0) is 64.2 Å². The van der Waals surface area contributed by atoms with Crippen molar-refractivity contribution in [3.05, 3.63) is 85.1 Å². The van der Waals surface area contributed by atoms with Crippen LogP contribution in [-0.2, 0) is 23.7 Å². The molecular formula is C61H105NO13. The lowest BCUT2D eigenvalue weighted by Gasteiger charge is -2.46. The van der Waals surface area contributed by atoms with E-state index in [1.807, 2.05) is 0 Å². The minimum absolute atomic E-state index is 0.220. The number of aliphatic hydroxyl groups is 8. The Labute approximate surface area is 452 Å². The number of amides is 1. The number of carbonyl (C=O) groups excluding carboxylic acids is 1. The third-order valence-electron chi connectivity index (χ3n) is 13.9. The van der Waals surface area contributed by atoms with Gasteiger partial charge in [0, 0.05) is 6.42 Å². The van der Waals surface area contributed by atoms with Crippen molar-refractivity contribution in [3.63, 3.8) is 0 Å². The van der Waals surface area contributed by atoms with Gasteiger partial charge in [-0.15, -0.1) is 0 Å². The normalized spacial score (nSPS) is 25.7. The Hall–Kier alpha value is -2.83. The zero-order valence-corrected chi connectivity index (χ0v) is 46.3. The molecule has 0 aromatic carbocycles. The van der Waals surface area contributed by atoms with Crippen LogP contribution < -0.4 is 5.32 Å². The lowest BCUT2D eigenvalue weighted by atomic mass is 9.97. The fourth-order valence-corrected chi connectivity index (χ4v) is 9.17. The Kier molecular flexibility index (Phi) is 42.0. The summed E-state index contributed by atoms with van der Waals surface area (Å²) in [6, 6.07) is -0.865. The van der Waals surface area contributed by atoms with Gasteiger partial charge < -0.3 is 65.1 Å². The third kappa shape index (κ3) is 32.0. The number of nitrogens with one attached hydrogen (secondary N) is 1. The van der Waals surface area contributed by atoms with Crippen LogP contribution in [0.2, 0.25) is 0 Å². The topological polar surface area (TPSA) is 228 Å². The molecule has 14 heteroatoms. The molecule has 14 nitrogen and oxygen atoms in total. The highest BCUT2D eigenvalue weighted by Crippen LogP contribution is 2.30. The van der Waals surface area contributed by atoms with Crippen LogP contribution in [-0.4, -0.2) is 140 Å². The number of ether oxygens (including phenoxy) is 4. The number of carbonyl (C=O) groups is 1. The molecule has 2 heterocycles. The summed E-state index contributed by atoms with van der Waals surface area (Å²) in [4.78, 5) is 13.2. The predicted molar refractivity (Wildman–Crippen MR) is 300 cm³/mol. The largest absolute Gasteiger partial charge is 0.394 e. The average Bonchev–Trinajstić information content (AvgIpc) is 3.41. The van der Waals surface area contributed by atoms with E-state index in [9.17, 15) is 45.6 Å². The summed E-state index contributed by atoms with van der Waals surface area (Å²) in [7, 11) is 0. The molecule has 2 saturated heterocycles. The molecular weight excluding hydrogens is 955 g/mol. The minimum atomic E-state index is -1.79. The van der Waals surface area contributed by atoms with E-state index in [1.165, 1.54) is 89.9 Å². The fraction of sp³-hybridized carbons (Fsp3) is 0.754. The van der Waals surface area contributed by atoms with Gasteiger partial charge in [-0.25, -0.2) is 0 Å². The van der Waals surface area contributed by atoms with E-state index < -0.39 is 86.8 Å². The summed E-state index contributed by atoms with van der Waals surface area (Å²) in [6.45, 7) is 2.70. The molecule has 0 spiro atoms. The maximum absolute atomic E-state index is 13.2. The third-order valence-corrected chi connectivity index (χ3v) is 13.9. The minimum Gasteiger partial charge on any atom is -0.394 e. The van der Waals surface area contributed by atoms with Crippen molar-refractivity contribution < 1.29 is 64.6 Å². The van der Waals surface area contributed by atoms with Gasteiger partial charge in [0.05, 0.1) is 32.0 Å². The second kappa shape index (κ2) is 46.1. The van der Waals surface area contributed by atoms with E-state index in [2.05, 4.69) is 104 Å². The Morgan fingerprint density at radius 2 is 0.907 bits per heavy atom. The van der Waals surface area contributed by atoms with Crippen LogP contribution in [0.4, 0.5) is 0 Å². The van der Waals surface area contributed by atoms with E-state index in [-0.39, 0.29) is 18.9 Å². The molecule has 2 aliphatic heterocycles. The Morgan fingerprint density at radius 3 is 1.36 bits per heavy atom. The number of hydrogen-bond donors (Lipinski definition) is 9. The van der Waals surface area contributed by atoms with Crippen molar-refractivity contribution in [1.29, 1.82) is 0 Å². The average molecular weight is 1060 g/mol. The molecule has 2 rings (SSSR count). The summed E-state index contributed by atoms with van der Waals surface area (Å²) >= 11 is 0. The molecule has 1 amide bonds. The number of aliphatic hydroxyl groups excluding tert-OH is 8.